The first-order valence-corrected chi connectivity index (χ1v) is 6.51. The van der Waals surface area contributed by atoms with E-state index in [-0.39, 0.29) is 4.49 Å². The summed E-state index contributed by atoms with van der Waals surface area (Å²) >= 11 is 11.4. The van der Waals surface area contributed by atoms with Gasteiger partial charge in [0, 0.05) is 24.3 Å². The summed E-state index contributed by atoms with van der Waals surface area (Å²) in [5, 5.41) is 0. The highest BCUT2D eigenvalue weighted by Crippen LogP contribution is 2.56. The Bertz CT molecular complexity index is 364. The van der Waals surface area contributed by atoms with E-state index in [2.05, 4.69) is 0 Å². The molecule has 0 N–H and O–H groups in total. The Hall–Kier alpha value is -0.0100. The van der Waals surface area contributed by atoms with Gasteiger partial charge in [-0.15, -0.1) is 0 Å². The van der Waals surface area contributed by atoms with Gasteiger partial charge in [0.15, 0.2) is 0 Å². The number of allylic oxidation sites excluding steroid dienone is 3. The molecular weight excluding hydrogens is 242 g/mol. The van der Waals surface area contributed by atoms with Crippen molar-refractivity contribution < 1.29 is 9.09 Å². The maximum atomic E-state index is 11.9. The van der Waals surface area contributed by atoms with Gasteiger partial charge in [0.25, 0.3) is 0 Å². The Morgan fingerprint density at radius 3 is 2.00 bits per heavy atom. The lowest BCUT2D eigenvalue weighted by Gasteiger charge is -2.19. The average Bonchev–Trinajstić information content (AvgIpc) is 2.01. The number of rotatable bonds is 1. The Balaban J connectivity index is 3.30. The lowest BCUT2D eigenvalue weighted by Crippen LogP contribution is -1.96. The molecule has 0 aliphatic carbocycles. The molecule has 0 saturated heterocycles. The highest BCUT2D eigenvalue weighted by Gasteiger charge is 2.24. The third-order valence-corrected chi connectivity index (χ3v) is 4.45. The van der Waals surface area contributed by atoms with Gasteiger partial charge in [-0.2, -0.15) is 0 Å². The van der Waals surface area contributed by atoms with Crippen molar-refractivity contribution in [1.82, 2.24) is 0 Å². The second kappa shape index (κ2) is 4.24. The first-order chi connectivity index (χ1) is 6.39. The molecule has 1 heterocycles. The van der Waals surface area contributed by atoms with Gasteiger partial charge in [-0.25, -0.2) is 0 Å². The fourth-order valence-electron chi connectivity index (χ4n) is 1.42. The van der Waals surface area contributed by atoms with E-state index < -0.39 is 7.37 Å². The molecule has 0 aromatic heterocycles. The molecule has 0 unspecified atom stereocenters. The summed E-state index contributed by atoms with van der Waals surface area (Å²) in [6.45, 7) is 3.62. The Kier molecular flexibility index (Phi) is 3.65. The molecule has 1 aliphatic heterocycles. The van der Waals surface area contributed by atoms with Crippen LogP contribution in [0.15, 0.2) is 32.8 Å². The van der Waals surface area contributed by atoms with E-state index in [9.17, 15) is 4.57 Å². The van der Waals surface area contributed by atoms with Gasteiger partial charge >= 0.3 is 0 Å². The number of halogens is 2. The molecule has 0 amide bonds. The lowest BCUT2D eigenvalue weighted by molar-refractivity contribution is 0.410. The fourth-order valence-corrected chi connectivity index (χ4v) is 3.64. The molecule has 1 rings (SSSR count). The molecule has 0 atom stereocenters. The third-order valence-electron chi connectivity index (χ3n) is 2.01. The summed E-state index contributed by atoms with van der Waals surface area (Å²) in [5.41, 5.74) is 2.31. The van der Waals surface area contributed by atoms with Gasteiger partial charge in [0.1, 0.15) is 4.49 Å². The first kappa shape index (κ1) is 12.1. The molecule has 0 aromatic carbocycles. The minimum Gasteiger partial charge on any atom is -0.326 e. The van der Waals surface area contributed by atoms with Crippen molar-refractivity contribution in [2.45, 2.75) is 13.8 Å². The van der Waals surface area contributed by atoms with E-state index in [1.807, 2.05) is 13.8 Å². The van der Waals surface area contributed by atoms with E-state index in [0.717, 1.165) is 16.7 Å². The topological polar surface area (TPSA) is 26.3 Å². The molecule has 0 spiro atoms. The van der Waals surface area contributed by atoms with Gasteiger partial charge in [-0.1, -0.05) is 23.2 Å². The van der Waals surface area contributed by atoms with Crippen LogP contribution in [0.2, 0.25) is 0 Å². The van der Waals surface area contributed by atoms with Crippen LogP contribution in [-0.4, -0.2) is 7.11 Å². The SMILES string of the molecule is COP1(=O)C=C(C)C(=C(Cl)Cl)C(C)=C1. The zero-order valence-electron chi connectivity index (χ0n) is 8.17. The minimum absolute atomic E-state index is 0.190. The normalized spacial score (nSPS) is 27.1. The van der Waals surface area contributed by atoms with Crippen LogP contribution in [0.3, 0.4) is 0 Å². The van der Waals surface area contributed by atoms with E-state index in [1.165, 1.54) is 7.11 Å². The zero-order valence-corrected chi connectivity index (χ0v) is 10.6. The Morgan fingerprint density at radius 2 is 1.71 bits per heavy atom. The fraction of sp³-hybridized carbons (Fsp3) is 0.333. The Labute approximate surface area is 93.7 Å². The van der Waals surface area contributed by atoms with Gasteiger partial charge in [0.2, 0.25) is 7.37 Å². The van der Waals surface area contributed by atoms with Crippen molar-refractivity contribution in [1.29, 1.82) is 0 Å². The summed E-state index contributed by atoms with van der Waals surface area (Å²) in [4.78, 5) is 0. The zero-order chi connectivity index (χ0) is 10.9. The van der Waals surface area contributed by atoms with Crippen LogP contribution in [0.1, 0.15) is 13.8 Å². The van der Waals surface area contributed by atoms with E-state index in [0.29, 0.717) is 0 Å². The van der Waals surface area contributed by atoms with Crippen molar-refractivity contribution >= 4 is 30.6 Å². The van der Waals surface area contributed by atoms with E-state index in [4.69, 9.17) is 27.7 Å². The van der Waals surface area contributed by atoms with Crippen molar-refractivity contribution in [3.63, 3.8) is 0 Å². The van der Waals surface area contributed by atoms with Crippen molar-refractivity contribution in [2.24, 2.45) is 0 Å². The smallest absolute Gasteiger partial charge is 0.247 e. The summed E-state index contributed by atoms with van der Waals surface area (Å²) in [7, 11) is -1.34. The minimum atomic E-state index is -2.76. The Morgan fingerprint density at radius 1 is 1.29 bits per heavy atom. The lowest BCUT2D eigenvalue weighted by atomic mass is 10.1. The molecule has 0 bridgehead atoms. The first-order valence-electron chi connectivity index (χ1n) is 4.00. The maximum absolute atomic E-state index is 11.9. The molecule has 0 saturated carbocycles. The molecule has 14 heavy (non-hydrogen) atoms. The van der Waals surface area contributed by atoms with Crippen LogP contribution < -0.4 is 0 Å². The van der Waals surface area contributed by atoms with Gasteiger partial charge < -0.3 is 4.52 Å². The standard InChI is InChI=1S/C9H11Cl2O2P/c1-6-4-14(12,13-3)5-7(2)8(6)9(10)11/h4-5H,1-3H3. The molecule has 0 fully saturated rings. The average molecular weight is 253 g/mol. The second-order valence-electron chi connectivity index (χ2n) is 3.09. The van der Waals surface area contributed by atoms with Crippen LogP contribution in [0, 0.1) is 0 Å². The van der Waals surface area contributed by atoms with Gasteiger partial charge in [-0.05, 0) is 25.0 Å². The van der Waals surface area contributed by atoms with Crippen LogP contribution in [0.25, 0.3) is 0 Å². The van der Waals surface area contributed by atoms with E-state index in [1.54, 1.807) is 11.6 Å². The molecule has 0 radical (unpaired) electrons. The molecule has 0 aromatic rings. The molecule has 78 valence electrons. The van der Waals surface area contributed by atoms with Crippen LogP contribution >= 0.6 is 30.6 Å². The van der Waals surface area contributed by atoms with Crippen molar-refractivity contribution in [3.05, 3.63) is 32.8 Å². The molecule has 5 heteroatoms. The summed E-state index contributed by atoms with van der Waals surface area (Å²) < 4.78 is 17.0. The largest absolute Gasteiger partial charge is 0.326 e. The van der Waals surface area contributed by atoms with E-state index >= 15 is 0 Å². The highest BCUT2D eigenvalue weighted by molar-refractivity contribution is 7.65. The van der Waals surface area contributed by atoms with Crippen molar-refractivity contribution in [2.75, 3.05) is 7.11 Å². The highest BCUT2D eigenvalue weighted by atomic mass is 35.5. The summed E-state index contributed by atoms with van der Waals surface area (Å²) in [6.07, 6.45) is 0. The molecule has 2 nitrogen and oxygen atoms in total. The predicted molar refractivity (Wildman–Crippen MR) is 60.9 cm³/mol. The van der Waals surface area contributed by atoms with Gasteiger partial charge in [-0.3, -0.25) is 4.57 Å². The summed E-state index contributed by atoms with van der Waals surface area (Å²) in [6, 6.07) is 0. The maximum Gasteiger partial charge on any atom is 0.247 e. The van der Waals surface area contributed by atoms with Crippen LogP contribution in [-0.2, 0) is 9.09 Å². The molecule has 1 aliphatic rings. The second-order valence-corrected chi connectivity index (χ2v) is 6.21. The van der Waals surface area contributed by atoms with Crippen LogP contribution in [0.4, 0.5) is 0 Å². The van der Waals surface area contributed by atoms with Gasteiger partial charge in [0.05, 0.1) is 0 Å². The third kappa shape index (κ3) is 2.32. The number of hydrogen-bond acceptors (Lipinski definition) is 2. The van der Waals surface area contributed by atoms with Crippen LogP contribution in [0.5, 0.6) is 0 Å². The molecular formula is C9H11Cl2O2P. The monoisotopic (exact) mass is 252 g/mol. The quantitative estimate of drug-likeness (QED) is 0.646. The number of hydrogen-bond donors (Lipinski definition) is 0. The summed E-state index contributed by atoms with van der Waals surface area (Å²) in [5.74, 6) is 3.14. The van der Waals surface area contributed by atoms with Crippen molar-refractivity contribution in [3.8, 4) is 0 Å². The predicted octanol–water partition coefficient (Wildman–Crippen LogP) is 4.42.